The predicted octanol–water partition coefficient (Wildman–Crippen LogP) is 3.95. The second kappa shape index (κ2) is 12.5. The summed E-state index contributed by atoms with van der Waals surface area (Å²) in [5.41, 5.74) is 2.03. The van der Waals surface area contributed by atoms with E-state index in [0.29, 0.717) is 65.5 Å². The van der Waals surface area contributed by atoms with Crippen molar-refractivity contribution in [2.45, 2.75) is 50.7 Å². The average Bonchev–Trinajstić information content (AvgIpc) is 3.34. The van der Waals surface area contributed by atoms with Gasteiger partial charge >= 0.3 is 0 Å². The minimum Gasteiger partial charge on any atom is -0.493 e. The molecule has 3 atom stereocenters. The predicted molar refractivity (Wildman–Crippen MR) is 162 cm³/mol. The Morgan fingerprint density at radius 2 is 1.77 bits per heavy atom. The number of carbonyl (C=O) groups is 3. The first-order valence-corrected chi connectivity index (χ1v) is 15.5. The Balaban J connectivity index is 1.27. The van der Waals surface area contributed by atoms with Crippen LogP contribution >= 0.6 is 0 Å². The maximum atomic E-state index is 14.0. The zero-order chi connectivity index (χ0) is 30.1. The zero-order valence-corrected chi connectivity index (χ0v) is 25.4. The molecule has 0 bridgehead atoms. The third-order valence-electron chi connectivity index (χ3n) is 9.65. The van der Waals surface area contributed by atoms with Gasteiger partial charge < -0.3 is 28.9 Å². The molecular weight excluding hydrogens is 548 g/mol. The second-order valence-electron chi connectivity index (χ2n) is 11.9. The quantitative estimate of drug-likeness (QED) is 0.414. The van der Waals surface area contributed by atoms with Crippen molar-refractivity contribution in [1.82, 2.24) is 14.7 Å². The highest BCUT2D eigenvalue weighted by Crippen LogP contribution is 2.49. The lowest BCUT2D eigenvalue weighted by Gasteiger charge is -2.46. The topological polar surface area (TPSA) is 91.9 Å². The molecule has 2 aromatic rings. The van der Waals surface area contributed by atoms with Gasteiger partial charge in [-0.15, -0.1) is 0 Å². The number of methoxy groups -OCH3 is 3. The number of hydrogen-bond donors (Lipinski definition) is 0. The van der Waals surface area contributed by atoms with E-state index in [4.69, 9.17) is 14.2 Å². The van der Waals surface area contributed by atoms with Crippen molar-refractivity contribution in [3.63, 3.8) is 0 Å². The SMILES string of the molecule is COCCN(C[C@@H]1CCCN2CCCC[C@H]12)C(=O)CCN1C(=O)c2ccccc2N2C(=O)c3c(ccc(OC)c3OC)[C@@H]12. The van der Waals surface area contributed by atoms with Crippen LogP contribution in [0.25, 0.3) is 0 Å². The van der Waals surface area contributed by atoms with E-state index in [1.165, 1.54) is 33.5 Å². The molecule has 0 radical (unpaired) electrons. The maximum Gasteiger partial charge on any atom is 0.264 e. The van der Waals surface area contributed by atoms with Gasteiger partial charge in [-0.2, -0.15) is 0 Å². The van der Waals surface area contributed by atoms with E-state index in [9.17, 15) is 14.4 Å². The van der Waals surface area contributed by atoms with Crippen LogP contribution in [0.4, 0.5) is 5.69 Å². The number of nitrogens with zero attached hydrogens (tertiary/aromatic N) is 4. The molecule has 0 spiro atoms. The summed E-state index contributed by atoms with van der Waals surface area (Å²) in [5, 5.41) is 0. The largest absolute Gasteiger partial charge is 0.493 e. The molecule has 3 amide bonds. The third-order valence-corrected chi connectivity index (χ3v) is 9.65. The van der Waals surface area contributed by atoms with Crippen LogP contribution < -0.4 is 14.4 Å². The number of amides is 3. The molecule has 4 aliphatic heterocycles. The number of ether oxygens (including phenoxy) is 3. The van der Waals surface area contributed by atoms with E-state index in [-0.39, 0.29) is 30.7 Å². The van der Waals surface area contributed by atoms with Crippen LogP contribution in [0.1, 0.15) is 71.0 Å². The Morgan fingerprint density at radius 3 is 2.56 bits per heavy atom. The van der Waals surface area contributed by atoms with Gasteiger partial charge in [0.15, 0.2) is 11.5 Å². The molecule has 43 heavy (non-hydrogen) atoms. The Labute approximate surface area is 253 Å². The number of hydrogen-bond acceptors (Lipinski definition) is 7. The summed E-state index contributed by atoms with van der Waals surface area (Å²) in [7, 11) is 4.69. The van der Waals surface area contributed by atoms with Crippen LogP contribution in [0, 0.1) is 5.92 Å². The Kier molecular flexibility index (Phi) is 8.59. The van der Waals surface area contributed by atoms with E-state index in [0.717, 1.165) is 25.9 Å². The molecule has 0 saturated carbocycles. The van der Waals surface area contributed by atoms with Gasteiger partial charge in [-0.05, 0) is 62.9 Å². The van der Waals surface area contributed by atoms with Gasteiger partial charge in [0, 0.05) is 44.8 Å². The summed E-state index contributed by atoms with van der Waals surface area (Å²) in [6.07, 6.45) is 5.45. The maximum absolute atomic E-state index is 14.0. The number of fused-ring (bicyclic) bond motifs is 6. The Morgan fingerprint density at radius 1 is 0.953 bits per heavy atom. The molecule has 0 aliphatic carbocycles. The minimum atomic E-state index is -0.681. The fraction of sp³-hybridized carbons (Fsp3) is 0.545. The van der Waals surface area contributed by atoms with E-state index >= 15 is 0 Å². The van der Waals surface area contributed by atoms with E-state index in [2.05, 4.69) is 4.90 Å². The molecule has 2 saturated heterocycles. The highest BCUT2D eigenvalue weighted by molar-refractivity contribution is 6.18. The number of benzene rings is 2. The van der Waals surface area contributed by atoms with Crippen LogP contribution in [0.15, 0.2) is 36.4 Å². The van der Waals surface area contributed by atoms with Crippen molar-refractivity contribution >= 4 is 23.4 Å². The molecule has 10 heteroatoms. The van der Waals surface area contributed by atoms with Crippen LogP contribution in [0.2, 0.25) is 0 Å². The van der Waals surface area contributed by atoms with E-state index < -0.39 is 6.17 Å². The van der Waals surface area contributed by atoms with E-state index in [1.54, 1.807) is 41.2 Å². The molecule has 0 N–H and O–H groups in total. The van der Waals surface area contributed by atoms with Gasteiger partial charge in [-0.3, -0.25) is 19.3 Å². The first-order valence-electron chi connectivity index (χ1n) is 15.5. The summed E-state index contributed by atoms with van der Waals surface area (Å²) in [5.74, 6) is 0.770. The number of anilines is 1. The molecule has 6 rings (SSSR count). The molecule has 0 aromatic heterocycles. The molecule has 2 aromatic carbocycles. The molecule has 4 aliphatic rings. The van der Waals surface area contributed by atoms with Crippen LogP contribution in [-0.4, -0.2) is 99.1 Å². The first kappa shape index (κ1) is 29.4. The van der Waals surface area contributed by atoms with Crippen LogP contribution in [0.5, 0.6) is 11.5 Å². The lowest BCUT2D eigenvalue weighted by atomic mass is 9.83. The zero-order valence-electron chi connectivity index (χ0n) is 25.4. The average molecular weight is 591 g/mol. The molecule has 4 heterocycles. The summed E-state index contributed by atoms with van der Waals surface area (Å²) < 4.78 is 16.5. The van der Waals surface area contributed by atoms with Gasteiger partial charge in [-0.25, -0.2) is 0 Å². The van der Waals surface area contributed by atoms with Gasteiger partial charge in [0.05, 0.1) is 37.6 Å². The lowest BCUT2D eigenvalue weighted by Crippen LogP contribution is -2.52. The van der Waals surface area contributed by atoms with Crippen molar-refractivity contribution in [3.05, 3.63) is 53.1 Å². The van der Waals surface area contributed by atoms with Crippen molar-refractivity contribution in [3.8, 4) is 11.5 Å². The van der Waals surface area contributed by atoms with Gasteiger partial charge in [0.25, 0.3) is 11.8 Å². The van der Waals surface area contributed by atoms with Crippen molar-refractivity contribution in [2.75, 3.05) is 65.6 Å². The van der Waals surface area contributed by atoms with E-state index in [1.807, 2.05) is 17.0 Å². The summed E-state index contributed by atoms with van der Waals surface area (Å²) in [6.45, 7) is 4.17. The Bertz CT molecular complexity index is 1380. The molecule has 0 unspecified atom stereocenters. The highest BCUT2D eigenvalue weighted by atomic mass is 16.5. The highest BCUT2D eigenvalue weighted by Gasteiger charge is 2.49. The fourth-order valence-electron chi connectivity index (χ4n) is 7.62. The van der Waals surface area contributed by atoms with Crippen LogP contribution in [-0.2, 0) is 9.53 Å². The summed E-state index contributed by atoms with van der Waals surface area (Å²) >= 11 is 0. The lowest BCUT2D eigenvalue weighted by molar-refractivity contribution is -0.133. The monoisotopic (exact) mass is 590 g/mol. The Hall–Kier alpha value is -3.63. The van der Waals surface area contributed by atoms with Crippen molar-refractivity contribution < 1.29 is 28.6 Å². The first-order chi connectivity index (χ1) is 21.0. The van der Waals surface area contributed by atoms with Crippen LogP contribution in [0.3, 0.4) is 0 Å². The minimum absolute atomic E-state index is 0.0000462. The second-order valence-corrected chi connectivity index (χ2v) is 11.9. The van der Waals surface area contributed by atoms with Crippen molar-refractivity contribution in [2.24, 2.45) is 5.92 Å². The molecule has 2 fully saturated rings. The van der Waals surface area contributed by atoms with Gasteiger partial charge in [0.1, 0.15) is 6.17 Å². The summed E-state index contributed by atoms with van der Waals surface area (Å²) in [4.78, 5) is 49.6. The fourth-order valence-corrected chi connectivity index (χ4v) is 7.62. The molecule has 230 valence electrons. The van der Waals surface area contributed by atoms with Gasteiger partial charge in [-0.1, -0.05) is 24.6 Å². The molecule has 10 nitrogen and oxygen atoms in total. The number of carbonyl (C=O) groups excluding carboxylic acids is 3. The smallest absolute Gasteiger partial charge is 0.264 e. The summed E-state index contributed by atoms with van der Waals surface area (Å²) in [6, 6.07) is 11.3. The number of piperidine rings is 2. The van der Waals surface area contributed by atoms with Crippen molar-refractivity contribution in [1.29, 1.82) is 0 Å². The normalized spacial score (nSPS) is 22.9. The number of rotatable bonds is 10. The third kappa shape index (κ3) is 5.25. The standard InChI is InChI=1S/C33H42N4O6/c1-41-20-19-35(21-22-9-8-17-34-16-7-6-11-25(22)34)28(38)15-18-36-31-24-13-14-27(42-2)30(43-3)29(24)33(40)37(31)26-12-5-4-10-23(26)32(36)39/h4-5,10,12-14,22,25,31H,6-9,11,15-21H2,1-3H3/t22-,25+,31-/m0/s1. The van der Waals surface area contributed by atoms with Gasteiger partial charge in [0.2, 0.25) is 5.91 Å². The number of para-hydroxylation sites is 1. The molecular formula is C33H42N4O6.